The summed E-state index contributed by atoms with van der Waals surface area (Å²) in [4.78, 5) is 5.98. The molecular formula is C26H25FN2O2S. The van der Waals surface area contributed by atoms with Gasteiger partial charge in [0.1, 0.15) is 18.5 Å². The van der Waals surface area contributed by atoms with E-state index in [1.54, 1.807) is 23.5 Å². The van der Waals surface area contributed by atoms with Crippen LogP contribution in [0.4, 0.5) is 4.39 Å². The first-order chi connectivity index (χ1) is 15.5. The Bertz CT molecular complexity index is 1330. The van der Waals surface area contributed by atoms with E-state index >= 15 is 0 Å². The van der Waals surface area contributed by atoms with Gasteiger partial charge in [0.25, 0.3) is 0 Å². The van der Waals surface area contributed by atoms with E-state index in [-0.39, 0.29) is 18.0 Å². The summed E-state index contributed by atoms with van der Waals surface area (Å²) in [7, 11) is 0. The number of fused-ring (bicyclic) bond motifs is 6. The van der Waals surface area contributed by atoms with E-state index in [0.29, 0.717) is 12.5 Å². The SMILES string of the molecule is Cc1ccc2c3c(ccc2n1)OC[C@H](C(N)C[C@@H]1CCc2c(sc4cc(F)ccc24)C1)O3. The molecule has 2 aromatic heterocycles. The molecule has 1 unspecified atom stereocenters. The van der Waals surface area contributed by atoms with Crippen LogP contribution in [0.1, 0.15) is 29.0 Å². The minimum absolute atomic E-state index is 0.116. The molecule has 0 amide bonds. The minimum Gasteiger partial charge on any atom is -0.486 e. The molecule has 2 aromatic carbocycles. The predicted octanol–water partition coefficient (Wildman–Crippen LogP) is 5.56. The number of thiophene rings is 1. The highest BCUT2D eigenvalue weighted by Gasteiger charge is 2.31. The van der Waals surface area contributed by atoms with Crippen molar-refractivity contribution in [3.8, 4) is 11.5 Å². The first kappa shape index (κ1) is 19.9. The molecule has 3 heterocycles. The molecule has 0 saturated carbocycles. The molecule has 0 fully saturated rings. The van der Waals surface area contributed by atoms with Crippen LogP contribution in [0.25, 0.3) is 21.0 Å². The van der Waals surface area contributed by atoms with Crippen LogP contribution >= 0.6 is 11.3 Å². The number of aromatic nitrogens is 1. The summed E-state index contributed by atoms with van der Waals surface area (Å²) in [5.74, 6) is 1.84. The molecule has 32 heavy (non-hydrogen) atoms. The maximum Gasteiger partial charge on any atom is 0.171 e. The molecule has 2 N–H and O–H groups in total. The van der Waals surface area contributed by atoms with Gasteiger partial charge in [0.2, 0.25) is 0 Å². The molecule has 164 valence electrons. The van der Waals surface area contributed by atoms with Crippen LogP contribution in [-0.2, 0) is 12.8 Å². The first-order valence-corrected chi connectivity index (χ1v) is 12.0. The minimum atomic E-state index is -0.188. The molecule has 0 radical (unpaired) electrons. The number of nitrogens with two attached hydrogens (primary N) is 1. The van der Waals surface area contributed by atoms with Crippen molar-refractivity contribution in [1.29, 1.82) is 0 Å². The monoisotopic (exact) mass is 448 g/mol. The Morgan fingerprint density at radius 1 is 1.19 bits per heavy atom. The van der Waals surface area contributed by atoms with Gasteiger partial charge in [0, 0.05) is 26.7 Å². The number of benzene rings is 2. The summed E-state index contributed by atoms with van der Waals surface area (Å²) in [6.45, 7) is 2.44. The van der Waals surface area contributed by atoms with Gasteiger partial charge in [-0.15, -0.1) is 11.3 Å². The summed E-state index contributed by atoms with van der Waals surface area (Å²) < 4.78 is 27.1. The zero-order valence-corrected chi connectivity index (χ0v) is 18.8. The second kappa shape index (κ2) is 7.71. The second-order valence-electron chi connectivity index (χ2n) is 9.03. The Hall–Kier alpha value is -2.70. The Kier molecular flexibility index (Phi) is 4.81. The Morgan fingerprint density at radius 3 is 2.97 bits per heavy atom. The van der Waals surface area contributed by atoms with Gasteiger partial charge in [-0.05, 0) is 85.9 Å². The highest BCUT2D eigenvalue weighted by atomic mass is 32.1. The van der Waals surface area contributed by atoms with E-state index in [1.165, 1.54) is 15.8 Å². The number of ether oxygens (including phenoxy) is 2. The Morgan fingerprint density at radius 2 is 2.06 bits per heavy atom. The van der Waals surface area contributed by atoms with Crippen molar-refractivity contribution in [2.24, 2.45) is 11.7 Å². The van der Waals surface area contributed by atoms with E-state index in [4.69, 9.17) is 15.2 Å². The van der Waals surface area contributed by atoms with Crippen LogP contribution in [0, 0.1) is 18.7 Å². The van der Waals surface area contributed by atoms with Crippen LogP contribution < -0.4 is 15.2 Å². The number of halogens is 1. The largest absolute Gasteiger partial charge is 0.486 e. The normalized spacial score (nSPS) is 21.0. The van der Waals surface area contributed by atoms with Crippen molar-refractivity contribution in [3.63, 3.8) is 0 Å². The average molecular weight is 449 g/mol. The van der Waals surface area contributed by atoms with Crippen LogP contribution in [0.2, 0.25) is 0 Å². The van der Waals surface area contributed by atoms with Gasteiger partial charge in [0.05, 0.1) is 5.52 Å². The number of aryl methyl sites for hydroxylation is 2. The summed E-state index contributed by atoms with van der Waals surface area (Å²) >= 11 is 1.73. The quantitative estimate of drug-likeness (QED) is 0.446. The van der Waals surface area contributed by atoms with Crippen molar-refractivity contribution >= 4 is 32.3 Å². The topological polar surface area (TPSA) is 57.4 Å². The Balaban J connectivity index is 1.19. The lowest BCUT2D eigenvalue weighted by Crippen LogP contribution is -2.46. The third kappa shape index (κ3) is 3.42. The maximum absolute atomic E-state index is 13.6. The highest BCUT2D eigenvalue weighted by Crippen LogP contribution is 2.41. The number of nitrogens with zero attached hydrogens (tertiary/aromatic N) is 1. The fraction of sp³-hybridized carbons (Fsp3) is 0.346. The number of pyridine rings is 1. The molecule has 3 atom stereocenters. The molecule has 0 bridgehead atoms. The van der Waals surface area contributed by atoms with Crippen molar-refractivity contribution < 1.29 is 13.9 Å². The number of hydrogen-bond acceptors (Lipinski definition) is 5. The van der Waals surface area contributed by atoms with Crippen molar-refractivity contribution in [2.75, 3.05) is 6.61 Å². The summed E-state index contributed by atoms with van der Waals surface area (Å²) in [6, 6.07) is 13.0. The fourth-order valence-electron chi connectivity index (χ4n) is 5.13. The predicted molar refractivity (Wildman–Crippen MR) is 126 cm³/mol. The average Bonchev–Trinajstić information content (AvgIpc) is 3.14. The molecule has 0 spiro atoms. The van der Waals surface area contributed by atoms with Crippen LogP contribution in [0.3, 0.4) is 0 Å². The Labute approximate surface area is 190 Å². The number of rotatable bonds is 3. The molecule has 2 aliphatic rings. The smallest absolute Gasteiger partial charge is 0.171 e. The molecule has 4 aromatic rings. The van der Waals surface area contributed by atoms with Gasteiger partial charge in [0.15, 0.2) is 11.5 Å². The molecule has 4 nitrogen and oxygen atoms in total. The van der Waals surface area contributed by atoms with Crippen molar-refractivity contribution in [3.05, 3.63) is 64.4 Å². The third-order valence-corrected chi connectivity index (χ3v) is 8.01. The molecule has 0 saturated heterocycles. The van der Waals surface area contributed by atoms with Gasteiger partial charge >= 0.3 is 0 Å². The standard InChI is InChI=1S/C26H25FN2O2S/c1-14-2-5-19-21(29-14)8-9-22-26(19)31-23(13-30-22)20(28)10-15-3-6-17-18-7-4-16(27)12-25(18)32-24(17)11-15/h2,4-5,7-9,12,15,20,23H,3,6,10-11,13,28H2,1H3/t15-,20?,23+/m0/s1. The molecule has 6 rings (SSSR count). The first-order valence-electron chi connectivity index (χ1n) is 11.2. The van der Waals surface area contributed by atoms with E-state index in [1.807, 2.05) is 37.3 Å². The molecular weight excluding hydrogens is 423 g/mol. The van der Waals surface area contributed by atoms with Gasteiger partial charge < -0.3 is 15.2 Å². The molecule has 6 heteroatoms. The van der Waals surface area contributed by atoms with Crippen LogP contribution in [0.5, 0.6) is 11.5 Å². The van der Waals surface area contributed by atoms with Crippen LogP contribution in [-0.4, -0.2) is 23.7 Å². The van der Waals surface area contributed by atoms with Gasteiger partial charge in [-0.3, -0.25) is 4.98 Å². The van der Waals surface area contributed by atoms with Crippen molar-refractivity contribution in [1.82, 2.24) is 4.98 Å². The molecule has 1 aliphatic carbocycles. The zero-order chi connectivity index (χ0) is 21.8. The summed E-state index contributed by atoms with van der Waals surface area (Å²) in [6.07, 6.45) is 3.82. The lowest BCUT2D eigenvalue weighted by molar-refractivity contribution is 0.0668. The van der Waals surface area contributed by atoms with E-state index < -0.39 is 0 Å². The zero-order valence-electron chi connectivity index (χ0n) is 17.9. The molecule has 1 aliphatic heterocycles. The fourth-order valence-corrected chi connectivity index (χ4v) is 6.52. The highest BCUT2D eigenvalue weighted by molar-refractivity contribution is 7.19. The lowest BCUT2D eigenvalue weighted by atomic mass is 9.83. The maximum atomic E-state index is 13.6. The lowest BCUT2D eigenvalue weighted by Gasteiger charge is -2.33. The number of hydrogen-bond donors (Lipinski definition) is 1. The summed E-state index contributed by atoms with van der Waals surface area (Å²) in [5.41, 5.74) is 9.93. The van der Waals surface area contributed by atoms with Crippen molar-refractivity contribution in [2.45, 2.75) is 44.8 Å². The summed E-state index contributed by atoms with van der Waals surface area (Å²) in [5, 5.41) is 2.18. The van der Waals surface area contributed by atoms with Crippen LogP contribution in [0.15, 0.2) is 42.5 Å². The third-order valence-electron chi connectivity index (χ3n) is 6.80. The van der Waals surface area contributed by atoms with E-state index in [0.717, 1.165) is 58.5 Å². The van der Waals surface area contributed by atoms with Gasteiger partial charge in [-0.2, -0.15) is 0 Å². The van der Waals surface area contributed by atoms with E-state index in [9.17, 15) is 4.39 Å². The second-order valence-corrected chi connectivity index (χ2v) is 10.2. The van der Waals surface area contributed by atoms with Gasteiger partial charge in [-0.25, -0.2) is 4.39 Å². The van der Waals surface area contributed by atoms with E-state index in [2.05, 4.69) is 4.98 Å². The van der Waals surface area contributed by atoms with Gasteiger partial charge in [-0.1, -0.05) is 6.07 Å².